The van der Waals surface area contributed by atoms with Gasteiger partial charge in [0, 0.05) is 30.9 Å². The molecule has 25 heavy (non-hydrogen) atoms. The molecule has 2 aromatic carbocycles. The lowest BCUT2D eigenvalue weighted by Crippen LogP contribution is -2.36. The molecule has 128 valence electrons. The van der Waals surface area contributed by atoms with Gasteiger partial charge < -0.3 is 10.4 Å². The van der Waals surface area contributed by atoms with Crippen LogP contribution in [0.1, 0.15) is 30.2 Å². The fraction of sp³-hybridized carbons (Fsp3) is 0.318. The molecule has 1 aromatic heterocycles. The largest absolute Gasteiger partial charge is 0.387 e. The molecule has 3 aromatic rings. The quantitative estimate of drug-likeness (QED) is 0.690. The number of aliphatic hydroxyl groups is 1. The van der Waals surface area contributed by atoms with Gasteiger partial charge in [-0.05, 0) is 53.3 Å². The highest BCUT2D eigenvalue weighted by atomic mass is 16.3. The molecule has 1 aliphatic carbocycles. The Hall–Kier alpha value is -2.23. The van der Waals surface area contributed by atoms with Crippen LogP contribution in [-0.4, -0.2) is 22.7 Å². The molecule has 0 saturated heterocycles. The third-order valence-electron chi connectivity index (χ3n) is 5.08. The van der Waals surface area contributed by atoms with Crippen molar-refractivity contribution in [2.75, 3.05) is 6.54 Å². The Morgan fingerprint density at radius 1 is 1.00 bits per heavy atom. The van der Waals surface area contributed by atoms with Crippen LogP contribution in [0.4, 0.5) is 0 Å². The van der Waals surface area contributed by atoms with Crippen LogP contribution >= 0.6 is 0 Å². The maximum atomic E-state index is 10.6. The molecule has 0 spiro atoms. The van der Waals surface area contributed by atoms with E-state index in [1.54, 1.807) is 0 Å². The average molecular weight is 332 g/mol. The van der Waals surface area contributed by atoms with E-state index in [9.17, 15) is 5.11 Å². The highest BCUT2D eigenvalue weighted by Crippen LogP contribution is 2.34. The predicted molar refractivity (Wildman–Crippen MR) is 101 cm³/mol. The van der Waals surface area contributed by atoms with E-state index in [1.165, 1.54) is 23.6 Å². The van der Waals surface area contributed by atoms with E-state index in [0.717, 1.165) is 17.7 Å². The normalized spacial score (nSPS) is 16.7. The van der Waals surface area contributed by atoms with E-state index < -0.39 is 6.10 Å². The summed E-state index contributed by atoms with van der Waals surface area (Å²) in [5, 5.41) is 16.6. The monoisotopic (exact) mass is 332 g/mol. The third kappa shape index (κ3) is 4.06. The summed E-state index contributed by atoms with van der Waals surface area (Å²) in [7, 11) is 0. The maximum absolute atomic E-state index is 10.6. The summed E-state index contributed by atoms with van der Waals surface area (Å²) in [6.07, 6.45) is 4.83. The molecule has 3 heteroatoms. The zero-order valence-corrected chi connectivity index (χ0v) is 14.3. The summed E-state index contributed by atoms with van der Waals surface area (Å²) in [4.78, 5) is 4.45. The van der Waals surface area contributed by atoms with E-state index in [4.69, 9.17) is 0 Å². The summed E-state index contributed by atoms with van der Waals surface area (Å²) < 4.78 is 0. The lowest BCUT2D eigenvalue weighted by atomic mass is 10.0. The van der Waals surface area contributed by atoms with Crippen molar-refractivity contribution in [3.63, 3.8) is 0 Å². The van der Waals surface area contributed by atoms with Crippen molar-refractivity contribution in [3.05, 3.63) is 78.1 Å². The van der Waals surface area contributed by atoms with Crippen molar-refractivity contribution in [2.24, 2.45) is 5.92 Å². The van der Waals surface area contributed by atoms with Crippen molar-refractivity contribution in [2.45, 2.75) is 31.4 Å². The van der Waals surface area contributed by atoms with Gasteiger partial charge in [0.05, 0.1) is 6.10 Å². The van der Waals surface area contributed by atoms with Gasteiger partial charge in [-0.3, -0.25) is 4.98 Å². The van der Waals surface area contributed by atoms with Crippen LogP contribution in [0.3, 0.4) is 0 Å². The van der Waals surface area contributed by atoms with Gasteiger partial charge in [-0.2, -0.15) is 0 Å². The van der Waals surface area contributed by atoms with Gasteiger partial charge >= 0.3 is 0 Å². The Bertz CT molecular complexity index is 830. The molecule has 4 rings (SSSR count). The molecule has 0 radical (unpaired) electrons. The SMILES string of the molecule is OC(CNC(Cc1ccccn1)C1CC1)c1ccc2ccccc2c1. The number of aliphatic hydroxyl groups excluding tert-OH is 1. The van der Waals surface area contributed by atoms with Gasteiger partial charge in [-0.25, -0.2) is 0 Å². The number of rotatable bonds is 7. The number of pyridine rings is 1. The first kappa shape index (κ1) is 16.2. The number of fused-ring (bicyclic) bond motifs is 1. The molecule has 1 saturated carbocycles. The van der Waals surface area contributed by atoms with Crippen LogP contribution in [0.25, 0.3) is 10.8 Å². The summed E-state index contributed by atoms with van der Waals surface area (Å²) in [5.74, 6) is 0.714. The number of nitrogens with one attached hydrogen (secondary N) is 1. The first-order chi connectivity index (χ1) is 12.3. The topological polar surface area (TPSA) is 45.1 Å². The average Bonchev–Trinajstić information content (AvgIpc) is 3.50. The van der Waals surface area contributed by atoms with Crippen molar-refractivity contribution in [1.29, 1.82) is 0 Å². The molecule has 2 atom stereocenters. The minimum Gasteiger partial charge on any atom is -0.387 e. The number of aromatic nitrogens is 1. The van der Waals surface area contributed by atoms with Gasteiger partial charge in [0.15, 0.2) is 0 Å². The fourth-order valence-electron chi connectivity index (χ4n) is 3.44. The predicted octanol–water partition coefficient (Wildman–Crippen LogP) is 3.88. The fourth-order valence-corrected chi connectivity index (χ4v) is 3.44. The summed E-state index contributed by atoms with van der Waals surface area (Å²) in [6.45, 7) is 0.576. The smallest absolute Gasteiger partial charge is 0.0914 e. The van der Waals surface area contributed by atoms with Crippen LogP contribution in [0.15, 0.2) is 66.9 Å². The van der Waals surface area contributed by atoms with Crippen LogP contribution in [0.2, 0.25) is 0 Å². The van der Waals surface area contributed by atoms with E-state index in [1.807, 2.05) is 36.5 Å². The Morgan fingerprint density at radius 3 is 2.56 bits per heavy atom. The molecular weight excluding hydrogens is 308 g/mol. The van der Waals surface area contributed by atoms with E-state index >= 15 is 0 Å². The van der Waals surface area contributed by atoms with Gasteiger partial charge in [0.1, 0.15) is 0 Å². The second kappa shape index (κ2) is 7.34. The third-order valence-corrected chi connectivity index (χ3v) is 5.08. The first-order valence-electron chi connectivity index (χ1n) is 9.09. The highest BCUT2D eigenvalue weighted by Gasteiger charge is 2.31. The summed E-state index contributed by atoms with van der Waals surface area (Å²) in [5.41, 5.74) is 2.09. The van der Waals surface area contributed by atoms with E-state index in [0.29, 0.717) is 18.5 Å². The van der Waals surface area contributed by atoms with Crippen LogP contribution in [0.5, 0.6) is 0 Å². The van der Waals surface area contributed by atoms with E-state index in [2.05, 4.69) is 40.6 Å². The molecule has 1 aliphatic rings. The molecule has 0 amide bonds. The molecule has 1 heterocycles. The lowest BCUT2D eigenvalue weighted by molar-refractivity contribution is 0.168. The number of hydrogen-bond donors (Lipinski definition) is 2. The van der Waals surface area contributed by atoms with Crippen molar-refractivity contribution < 1.29 is 5.11 Å². The van der Waals surface area contributed by atoms with E-state index in [-0.39, 0.29) is 0 Å². The van der Waals surface area contributed by atoms with Crippen LogP contribution in [-0.2, 0) is 6.42 Å². The van der Waals surface area contributed by atoms with Crippen molar-refractivity contribution in [1.82, 2.24) is 10.3 Å². The lowest BCUT2D eigenvalue weighted by Gasteiger charge is -2.21. The zero-order valence-electron chi connectivity index (χ0n) is 14.3. The van der Waals surface area contributed by atoms with Gasteiger partial charge in [-0.1, -0.05) is 42.5 Å². The molecule has 3 nitrogen and oxygen atoms in total. The standard InChI is InChI=1S/C22H24N2O/c25-22(19-11-8-16-5-1-2-6-18(16)13-19)15-24-21(17-9-10-17)14-20-7-3-4-12-23-20/h1-8,11-13,17,21-22,24-25H,9-10,14-15H2. The zero-order chi connectivity index (χ0) is 17.1. The van der Waals surface area contributed by atoms with Gasteiger partial charge in [0.2, 0.25) is 0 Å². The van der Waals surface area contributed by atoms with Crippen LogP contribution < -0.4 is 5.32 Å². The number of hydrogen-bond acceptors (Lipinski definition) is 3. The summed E-state index contributed by atoms with van der Waals surface area (Å²) in [6, 6.07) is 20.9. The Balaban J connectivity index is 1.41. The van der Waals surface area contributed by atoms with Crippen molar-refractivity contribution in [3.8, 4) is 0 Å². The van der Waals surface area contributed by atoms with Gasteiger partial charge in [0.25, 0.3) is 0 Å². The Kier molecular flexibility index (Phi) is 4.77. The molecule has 1 fully saturated rings. The first-order valence-corrected chi connectivity index (χ1v) is 9.09. The number of benzene rings is 2. The highest BCUT2D eigenvalue weighted by molar-refractivity contribution is 5.83. The van der Waals surface area contributed by atoms with Gasteiger partial charge in [-0.15, -0.1) is 0 Å². The minimum absolute atomic E-state index is 0.394. The minimum atomic E-state index is -0.491. The Morgan fingerprint density at radius 2 is 1.80 bits per heavy atom. The molecule has 2 unspecified atom stereocenters. The number of nitrogens with zero attached hydrogens (tertiary/aromatic N) is 1. The second-order valence-electron chi connectivity index (χ2n) is 7.00. The maximum Gasteiger partial charge on any atom is 0.0914 e. The van der Waals surface area contributed by atoms with Crippen molar-refractivity contribution >= 4 is 10.8 Å². The van der Waals surface area contributed by atoms with Crippen LogP contribution in [0, 0.1) is 5.92 Å². The molecular formula is C22H24N2O. The molecule has 0 aliphatic heterocycles. The molecule has 0 bridgehead atoms. The Labute approximate surface area is 148 Å². The molecule has 2 N–H and O–H groups in total. The summed E-state index contributed by atoms with van der Waals surface area (Å²) >= 11 is 0. The second-order valence-corrected chi connectivity index (χ2v) is 7.00.